The molecular formula is C15H15BrClNO3S. The molecule has 3 aliphatic rings. The molecule has 118 valence electrons. The van der Waals surface area contributed by atoms with Gasteiger partial charge in [0.15, 0.2) is 0 Å². The average molecular weight is 405 g/mol. The molecule has 1 N–H and O–H groups in total. The van der Waals surface area contributed by atoms with Crippen LogP contribution in [-0.2, 0) is 4.79 Å². The molecule has 3 saturated heterocycles. The summed E-state index contributed by atoms with van der Waals surface area (Å²) in [6, 6.07) is 5.09. The number of nitrogens with zero attached hydrogens (tertiary/aromatic N) is 1. The topological polar surface area (TPSA) is 57.6 Å². The highest BCUT2D eigenvalue weighted by atomic mass is 79.9. The van der Waals surface area contributed by atoms with Crippen molar-refractivity contribution in [2.45, 2.75) is 29.9 Å². The number of carboxylic acids is 1. The highest BCUT2D eigenvalue weighted by Gasteiger charge is 2.51. The third-order valence-corrected chi connectivity index (χ3v) is 7.12. The van der Waals surface area contributed by atoms with E-state index >= 15 is 0 Å². The molecule has 3 fully saturated rings. The van der Waals surface area contributed by atoms with Crippen LogP contribution in [0, 0.1) is 5.92 Å². The van der Waals surface area contributed by atoms with Crippen molar-refractivity contribution in [2.24, 2.45) is 5.92 Å². The van der Waals surface area contributed by atoms with E-state index in [4.69, 9.17) is 11.6 Å². The first kappa shape index (κ1) is 16.1. The molecule has 0 aliphatic carbocycles. The van der Waals surface area contributed by atoms with Gasteiger partial charge in [-0.3, -0.25) is 9.59 Å². The number of carboxylic acid groups (broad SMARTS) is 1. The van der Waals surface area contributed by atoms with Crippen molar-refractivity contribution < 1.29 is 14.7 Å². The van der Waals surface area contributed by atoms with E-state index in [9.17, 15) is 14.7 Å². The second-order valence-electron chi connectivity index (χ2n) is 5.55. The second-order valence-corrected chi connectivity index (χ2v) is 8.17. The number of fused-ring (bicyclic) bond motifs is 4. The summed E-state index contributed by atoms with van der Waals surface area (Å²) in [5.41, 5.74) is 0.502. The Labute approximate surface area is 146 Å². The summed E-state index contributed by atoms with van der Waals surface area (Å²) < 4.78 is 0.736. The van der Waals surface area contributed by atoms with Crippen LogP contribution in [0.4, 0.5) is 0 Å². The molecule has 0 spiro atoms. The smallest absolute Gasteiger partial charge is 0.310 e. The van der Waals surface area contributed by atoms with Crippen LogP contribution in [0.5, 0.6) is 0 Å². The van der Waals surface area contributed by atoms with Gasteiger partial charge in [-0.15, -0.1) is 11.8 Å². The number of carbonyl (C=O) groups is 2. The number of thioether (sulfide) groups is 1. The maximum absolute atomic E-state index is 12.8. The van der Waals surface area contributed by atoms with Crippen molar-refractivity contribution in [3.8, 4) is 0 Å². The van der Waals surface area contributed by atoms with Gasteiger partial charge in [-0.1, -0.05) is 18.0 Å². The molecule has 1 amide bonds. The van der Waals surface area contributed by atoms with Crippen molar-refractivity contribution in [1.29, 1.82) is 0 Å². The number of aliphatic carboxylic acids is 1. The van der Waals surface area contributed by atoms with Crippen molar-refractivity contribution >= 4 is 51.2 Å². The highest BCUT2D eigenvalue weighted by Crippen LogP contribution is 2.48. The average Bonchev–Trinajstić information content (AvgIpc) is 2.38. The Balaban J connectivity index is 1.86. The van der Waals surface area contributed by atoms with Gasteiger partial charge in [-0.2, -0.15) is 0 Å². The standard InChI is InChI=1S/C15H15BrClNO3S/c16-9-5-4-8(7-10(9)17)13(19)18-6-2-1-3-11-12(15(20)21)14(18)22-11/h4-5,7,11-12,14H,1-3,6H2,(H,20,21). The Hall–Kier alpha value is -0.720. The second kappa shape index (κ2) is 6.42. The minimum atomic E-state index is -0.803. The number of halogens is 2. The Morgan fingerprint density at radius 3 is 2.82 bits per heavy atom. The van der Waals surface area contributed by atoms with Crippen LogP contribution in [0.1, 0.15) is 29.6 Å². The molecule has 2 bridgehead atoms. The molecule has 3 aliphatic heterocycles. The van der Waals surface area contributed by atoms with Crippen LogP contribution in [0.15, 0.2) is 22.7 Å². The lowest BCUT2D eigenvalue weighted by Gasteiger charge is -2.49. The van der Waals surface area contributed by atoms with Crippen LogP contribution in [0.2, 0.25) is 5.02 Å². The van der Waals surface area contributed by atoms with Gasteiger partial charge in [0.25, 0.3) is 5.91 Å². The third-order valence-electron chi connectivity index (χ3n) is 4.18. The number of benzene rings is 1. The van der Waals surface area contributed by atoms with Crippen LogP contribution in [-0.4, -0.2) is 39.1 Å². The molecule has 1 aromatic carbocycles. The van der Waals surface area contributed by atoms with E-state index in [1.165, 1.54) is 0 Å². The van der Waals surface area contributed by atoms with Gasteiger partial charge in [-0.25, -0.2) is 0 Å². The summed E-state index contributed by atoms with van der Waals surface area (Å²) in [6.07, 6.45) is 2.79. The van der Waals surface area contributed by atoms with Gasteiger partial charge in [0.05, 0.1) is 16.3 Å². The van der Waals surface area contributed by atoms with Crippen LogP contribution >= 0.6 is 39.3 Å². The van der Waals surface area contributed by atoms with E-state index in [1.807, 2.05) is 0 Å². The molecule has 3 atom stereocenters. The Bertz CT molecular complexity index is 627. The van der Waals surface area contributed by atoms with Gasteiger partial charge < -0.3 is 10.0 Å². The highest BCUT2D eigenvalue weighted by molar-refractivity contribution is 9.10. The summed E-state index contributed by atoms with van der Waals surface area (Å²) >= 11 is 11.0. The fourth-order valence-corrected chi connectivity index (χ4v) is 5.08. The van der Waals surface area contributed by atoms with E-state index in [0.29, 0.717) is 17.1 Å². The summed E-state index contributed by atoms with van der Waals surface area (Å²) in [5.74, 6) is -1.40. The van der Waals surface area contributed by atoms with Gasteiger partial charge in [-0.05, 0) is 47.0 Å². The van der Waals surface area contributed by atoms with Crippen molar-refractivity contribution in [3.05, 3.63) is 33.3 Å². The van der Waals surface area contributed by atoms with Gasteiger partial charge in [0.2, 0.25) is 0 Å². The maximum Gasteiger partial charge on any atom is 0.310 e. The molecule has 3 heterocycles. The zero-order valence-electron chi connectivity index (χ0n) is 11.7. The van der Waals surface area contributed by atoms with Crippen molar-refractivity contribution in [2.75, 3.05) is 6.54 Å². The predicted octanol–water partition coefficient (Wildman–Crippen LogP) is 3.87. The minimum absolute atomic E-state index is 0.131. The summed E-state index contributed by atoms with van der Waals surface area (Å²) in [7, 11) is 0. The van der Waals surface area contributed by atoms with Crippen molar-refractivity contribution in [1.82, 2.24) is 4.90 Å². The minimum Gasteiger partial charge on any atom is -0.481 e. The van der Waals surface area contributed by atoms with Gasteiger partial charge in [0.1, 0.15) is 0 Å². The Morgan fingerprint density at radius 2 is 2.14 bits per heavy atom. The number of rotatable bonds is 2. The van der Waals surface area contributed by atoms with E-state index in [1.54, 1.807) is 34.9 Å². The first-order valence-electron chi connectivity index (χ1n) is 7.13. The molecule has 0 aromatic heterocycles. The normalized spacial score (nSPS) is 27.5. The quantitative estimate of drug-likeness (QED) is 0.813. The number of amides is 1. The molecule has 1 aromatic rings. The monoisotopic (exact) mass is 403 g/mol. The van der Waals surface area contributed by atoms with E-state index < -0.39 is 11.9 Å². The largest absolute Gasteiger partial charge is 0.481 e. The third kappa shape index (κ3) is 2.88. The lowest BCUT2D eigenvalue weighted by Crippen LogP contribution is -2.57. The van der Waals surface area contributed by atoms with Crippen LogP contribution in [0.25, 0.3) is 0 Å². The first-order chi connectivity index (χ1) is 10.5. The predicted molar refractivity (Wildman–Crippen MR) is 90.3 cm³/mol. The molecule has 3 unspecified atom stereocenters. The Kier molecular flexibility index (Phi) is 4.71. The van der Waals surface area contributed by atoms with Gasteiger partial charge >= 0.3 is 5.97 Å². The lowest BCUT2D eigenvalue weighted by atomic mass is 9.95. The molecule has 4 nitrogen and oxygen atoms in total. The number of hydrogen-bond acceptors (Lipinski definition) is 3. The zero-order chi connectivity index (χ0) is 15.9. The van der Waals surface area contributed by atoms with Crippen LogP contribution < -0.4 is 0 Å². The molecular weight excluding hydrogens is 390 g/mol. The fourth-order valence-electron chi connectivity index (χ4n) is 3.01. The van der Waals surface area contributed by atoms with Crippen LogP contribution in [0.3, 0.4) is 0 Å². The van der Waals surface area contributed by atoms with E-state index in [2.05, 4.69) is 15.9 Å². The molecule has 0 saturated carbocycles. The van der Waals surface area contributed by atoms with E-state index in [-0.39, 0.29) is 16.5 Å². The Morgan fingerprint density at radius 1 is 1.36 bits per heavy atom. The SMILES string of the molecule is O=C(O)C1C2CCCCN(C(=O)c3ccc(Br)c(Cl)c3)C1S2. The van der Waals surface area contributed by atoms with Crippen molar-refractivity contribution in [3.63, 3.8) is 0 Å². The first-order valence-corrected chi connectivity index (χ1v) is 9.24. The zero-order valence-corrected chi connectivity index (χ0v) is 14.8. The molecule has 22 heavy (non-hydrogen) atoms. The molecule has 4 rings (SSSR count). The van der Waals surface area contributed by atoms with E-state index in [0.717, 1.165) is 23.7 Å². The van der Waals surface area contributed by atoms with Gasteiger partial charge in [0, 0.05) is 21.8 Å². The summed E-state index contributed by atoms with van der Waals surface area (Å²) in [5, 5.41) is 9.77. The summed E-state index contributed by atoms with van der Waals surface area (Å²) in [6.45, 7) is 0.598. The lowest BCUT2D eigenvalue weighted by molar-refractivity contribution is -0.143. The fraction of sp³-hybridized carbons (Fsp3) is 0.467. The maximum atomic E-state index is 12.8. The summed E-state index contributed by atoms with van der Waals surface area (Å²) in [4.78, 5) is 26.0. The molecule has 7 heteroatoms. The molecule has 0 radical (unpaired) electrons. The number of hydrogen-bond donors (Lipinski definition) is 1. The number of carbonyl (C=O) groups excluding carboxylic acids is 1.